The molecule has 7 nitrogen and oxygen atoms in total. The summed E-state index contributed by atoms with van der Waals surface area (Å²) in [5.74, 6) is -0.469. The number of methoxy groups -OCH3 is 2. The highest BCUT2D eigenvalue weighted by atomic mass is 79.9. The molecule has 1 aliphatic rings. The molecule has 0 bridgehead atoms. The quantitative estimate of drug-likeness (QED) is 0.300. The van der Waals surface area contributed by atoms with Gasteiger partial charge in [-0.2, -0.15) is 0 Å². The van der Waals surface area contributed by atoms with Crippen LogP contribution in [0, 0.1) is 0 Å². The second-order valence-corrected chi connectivity index (χ2v) is 8.23. The van der Waals surface area contributed by atoms with E-state index in [2.05, 4.69) is 20.9 Å². The first-order valence-corrected chi connectivity index (χ1v) is 10.9. The summed E-state index contributed by atoms with van der Waals surface area (Å²) in [5, 5.41) is 11.2. The Labute approximate surface area is 199 Å². The summed E-state index contributed by atoms with van der Waals surface area (Å²) in [6.07, 6.45) is 1.59. The van der Waals surface area contributed by atoms with Crippen LogP contribution in [0.4, 0.5) is 0 Å². The van der Waals surface area contributed by atoms with Crippen molar-refractivity contribution < 1.29 is 24.2 Å². The lowest BCUT2D eigenvalue weighted by Crippen LogP contribution is -2.29. The van der Waals surface area contributed by atoms with Crippen molar-refractivity contribution in [2.75, 3.05) is 14.2 Å². The summed E-state index contributed by atoms with van der Waals surface area (Å²) in [7, 11) is 3.11. The van der Waals surface area contributed by atoms with E-state index in [-0.39, 0.29) is 17.9 Å². The summed E-state index contributed by atoms with van der Waals surface area (Å²) in [4.78, 5) is 32.0. The third kappa shape index (κ3) is 4.34. The Bertz CT molecular complexity index is 1230. The van der Waals surface area contributed by atoms with Crippen LogP contribution >= 0.6 is 15.9 Å². The molecule has 1 fully saturated rings. The third-order valence-corrected chi connectivity index (χ3v) is 6.06. The Morgan fingerprint density at radius 3 is 2.42 bits per heavy atom. The van der Waals surface area contributed by atoms with Crippen LogP contribution in [0.1, 0.15) is 22.9 Å². The van der Waals surface area contributed by atoms with Crippen molar-refractivity contribution in [2.24, 2.45) is 0 Å². The van der Waals surface area contributed by atoms with Crippen LogP contribution in [0.5, 0.6) is 11.5 Å². The summed E-state index contributed by atoms with van der Waals surface area (Å²) < 4.78 is 11.0. The number of carbonyl (C=O) groups is 2. The standard InChI is InChI=1S/C25H21BrN2O5/c1-32-17-9-6-15(7-10-17)14-28-22(19-5-3-4-12-27-19)21(24(30)25(28)31)23(29)16-8-11-20(33-2)18(26)13-16/h3-13,22,29H,14H2,1-2H3/b23-21-. The SMILES string of the molecule is COc1ccc(CN2C(=O)C(=O)/C(=C(\O)c3ccc(OC)c(Br)c3)C2c2ccccn2)cc1. The van der Waals surface area contributed by atoms with Crippen LogP contribution in [0.15, 0.2) is 76.9 Å². The number of rotatable bonds is 6. The van der Waals surface area contributed by atoms with Crippen LogP contribution in [0.25, 0.3) is 5.76 Å². The van der Waals surface area contributed by atoms with E-state index in [0.29, 0.717) is 27.2 Å². The second kappa shape index (κ2) is 9.46. The molecule has 1 aliphatic heterocycles. The lowest BCUT2D eigenvalue weighted by Gasteiger charge is -2.24. The van der Waals surface area contributed by atoms with Gasteiger partial charge >= 0.3 is 0 Å². The molecule has 2 heterocycles. The smallest absolute Gasteiger partial charge is 0.296 e. The maximum atomic E-state index is 13.1. The molecule has 8 heteroatoms. The lowest BCUT2D eigenvalue weighted by atomic mass is 9.98. The number of pyridine rings is 1. The average molecular weight is 509 g/mol. The van der Waals surface area contributed by atoms with E-state index >= 15 is 0 Å². The third-order valence-electron chi connectivity index (χ3n) is 5.45. The number of Topliss-reactive ketones (excluding diaryl/α,β-unsaturated/α-hetero) is 1. The van der Waals surface area contributed by atoms with Crippen molar-refractivity contribution >= 4 is 33.4 Å². The summed E-state index contributed by atoms with van der Waals surface area (Å²) in [5.41, 5.74) is 1.67. The van der Waals surface area contributed by atoms with Gasteiger partial charge in [0, 0.05) is 18.3 Å². The molecular formula is C25H21BrN2O5. The minimum absolute atomic E-state index is 0.00993. The van der Waals surface area contributed by atoms with Crippen molar-refractivity contribution in [3.05, 3.63) is 93.7 Å². The topological polar surface area (TPSA) is 89.0 Å². The molecule has 0 aliphatic carbocycles. The zero-order valence-corrected chi connectivity index (χ0v) is 19.6. The van der Waals surface area contributed by atoms with E-state index < -0.39 is 17.7 Å². The molecule has 4 rings (SSSR count). The fourth-order valence-electron chi connectivity index (χ4n) is 3.79. The molecule has 33 heavy (non-hydrogen) atoms. The maximum absolute atomic E-state index is 13.1. The number of amides is 1. The van der Waals surface area contributed by atoms with E-state index in [0.717, 1.165) is 5.56 Å². The zero-order valence-electron chi connectivity index (χ0n) is 18.0. The van der Waals surface area contributed by atoms with Crippen molar-refractivity contribution in [2.45, 2.75) is 12.6 Å². The van der Waals surface area contributed by atoms with Crippen LogP contribution in [0.3, 0.4) is 0 Å². The van der Waals surface area contributed by atoms with Gasteiger partial charge in [-0.05, 0) is 64.0 Å². The molecule has 0 saturated carbocycles. The number of aliphatic hydroxyl groups is 1. The first-order chi connectivity index (χ1) is 15.9. The Balaban J connectivity index is 1.81. The number of aromatic nitrogens is 1. The Kier molecular flexibility index (Phi) is 6.46. The molecule has 0 spiro atoms. The highest BCUT2D eigenvalue weighted by Gasteiger charge is 2.46. The van der Waals surface area contributed by atoms with E-state index in [9.17, 15) is 14.7 Å². The zero-order chi connectivity index (χ0) is 23.5. The molecule has 1 saturated heterocycles. The number of halogens is 1. The van der Waals surface area contributed by atoms with E-state index in [4.69, 9.17) is 9.47 Å². The number of ether oxygens (including phenoxy) is 2. The molecule has 2 aromatic carbocycles. The number of carbonyl (C=O) groups excluding carboxylic acids is 2. The number of aliphatic hydroxyl groups excluding tert-OH is 1. The number of ketones is 1. The highest BCUT2D eigenvalue weighted by Crippen LogP contribution is 2.40. The van der Waals surface area contributed by atoms with Gasteiger partial charge in [-0.15, -0.1) is 0 Å². The number of hydrogen-bond donors (Lipinski definition) is 1. The maximum Gasteiger partial charge on any atom is 0.296 e. The van der Waals surface area contributed by atoms with Gasteiger partial charge in [0.15, 0.2) is 0 Å². The largest absolute Gasteiger partial charge is 0.507 e. The molecule has 0 radical (unpaired) electrons. The molecule has 1 atom stereocenters. The monoisotopic (exact) mass is 508 g/mol. The van der Waals surface area contributed by atoms with Crippen molar-refractivity contribution in [3.63, 3.8) is 0 Å². The Morgan fingerprint density at radius 2 is 1.82 bits per heavy atom. The van der Waals surface area contributed by atoms with Crippen molar-refractivity contribution in [1.82, 2.24) is 9.88 Å². The van der Waals surface area contributed by atoms with Gasteiger partial charge in [-0.1, -0.05) is 18.2 Å². The Morgan fingerprint density at radius 1 is 1.06 bits per heavy atom. The van der Waals surface area contributed by atoms with Crippen molar-refractivity contribution in [3.8, 4) is 11.5 Å². The number of hydrogen-bond acceptors (Lipinski definition) is 6. The Hall–Kier alpha value is -3.65. The fraction of sp³-hybridized carbons (Fsp3) is 0.160. The normalized spacial score (nSPS) is 17.3. The number of likely N-dealkylation sites (tertiary alicyclic amines) is 1. The predicted molar refractivity (Wildman–Crippen MR) is 126 cm³/mol. The molecule has 168 valence electrons. The van der Waals surface area contributed by atoms with Gasteiger partial charge in [0.1, 0.15) is 23.3 Å². The molecule has 3 aromatic rings. The number of nitrogens with zero attached hydrogens (tertiary/aromatic N) is 2. The van der Waals surface area contributed by atoms with Gasteiger partial charge in [0.2, 0.25) is 0 Å². The van der Waals surface area contributed by atoms with Gasteiger partial charge in [0.25, 0.3) is 11.7 Å². The molecule has 1 N–H and O–H groups in total. The summed E-state index contributed by atoms with van der Waals surface area (Å²) in [6, 6.07) is 16.6. The summed E-state index contributed by atoms with van der Waals surface area (Å²) >= 11 is 3.40. The minimum Gasteiger partial charge on any atom is -0.507 e. The van der Waals surface area contributed by atoms with Crippen LogP contribution in [-0.2, 0) is 16.1 Å². The highest BCUT2D eigenvalue weighted by molar-refractivity contribution is 9.10. The molecule has 1 unspecified atom stereocenters. The minimum atomic E-state index is -0.839. The molecule has 1 aromatic heterocycles. The second-order valence-electron chi connectivity index (χ2n) is 7.38. The van der Waals surface area contributed by atoms with Gasteiger partial charge in [-0.25, -0.2) is 0 Å². The van der Waals surface area contributed by atoms with Crippen LogP contribution in [0.2, 0.25) is 0 Å². The van der Waals surface area contributed by atoms with Gasteiger partial charge in [-0.3, -0.25) is 14.6 Å². The first-order valence-electron chi connectivity index (χ1n) is 10.1. The van der Waals surface area contributed by atoms with Crippen LogP contribution < -0.4 is 9.47 Å². The summed E-state index contributed by atoms with van der Waals surface area (Å²) in [6.45, 7) is 0.166. The lowest BCUT2D eigenvalue weighted by molar-refractivity contribution is -0.140. The predicted octanol–water partition coefficient (Wildman–Crippen LogP) is 4.48. The van der Waals surface area contributed by atoms with Gasteiger partial charge < -0.3 is 19.5 Å². The van der Waals surface area contributed by atoms with E-state index in [1.807, 2.05) is 12.1 Å². The molecular weight excluding hydrogens is 488 g/mol. The number of benzene rings is 2. The fourth-order valence-corrected chi connectivity index (χ4v) is 4.33. The van der Waals surface area contributed by atoms with Crippen LogP contribution in [-0.4, -0.2) is 40.9 Å². The first kappa shape index (κ1) is 22.5. The molecule has 1 amide bonds. The van der Waals surface area contributed by atoms with E-state index in [1.165, 1.54) is 12.0 Å². The van der Waals surface area contributed by atoms with Crippen molar-refractivity contribution in [1.29, 1.82) is 0 Å². The van der Waals surface area contributed by atoms with E-state index in [1.54, 1.807) is 61.8 Å². The van der Waals surface area contributed by atoms with Gasteiger partial charge in [0.05, 0.1) is 30.0 Å². The average Bonchev–Trinajstić information content (AvgIpc) is 3.09.